The molecule has 0 N–H and O–H groups in total. The number of nitrogens with zero attached hydrogens (tertiary/aromatic N) is 2. The van der Waals surface area contributed by atoms with E-state index >= 15 is 0 Å². The van der Waals surface area contributed by atoms with E-state index in [1.807, 2.05) is 17.5 Å². The smallest absolute Gasteiger partial charge is 0.171 e. The highest BCUT2D eigenvalue weighted by Crippen LogP contribution is 2.34. The highest BCUT2D eigenvalue weighted by molar-refractivity contribution is 9.10. The number of hydrogen-bond acceptors (Lipinski definition) is 3. The Morgan fingerprint density at radius 2 is 2.00 bits per heavy atom. The second-order valence-corrected chi connectivity index (χ2v) is 6.83. The van der Waals surface area contributed by atoms with E-state index < -0.39 is 0 Å². The Kier molecular flexibility index (Phi) is 3.57. The molecule has 0 radical (unpaired) electrons. The third-order valence-electron chi connectivity index (χ3n) is 2.26. The largest absolute Gasteiger partial charge is 0.231 e. The van der Waals surface area contributed by atoms with Gasteiger partial charge in [0.1, 0.15) is 5.15 Å². The standard InChI is InChI=1S/C12H12BrClN2S/c1-12(2,3)9-8(13)10(14)16-11(15-9)7-5-4-6-17-7/h4-6H,1-3H3. The Morgan fingerprint density at radius 1 is 1.29 bits per heavy atom. The van der Waals surface area contributed by atoms with Crippen molar-refractivity contribution in [1.82, 2.24) is 9.97 Å². The van der Waals surface area contributed by atoms with Crippen molar-refractivity contribution in [3.05, 3.63) is 32.8 Å². The number of hydrogen-bond donors (Lipinski definition) is 0. The summed E-state index contributed by atoms with van der Waals surface area (Å²) in [5.74, 6) is 0.693. The first-order chi connectivity index (χ1) is 7.89. The van der Waals surface area contributed by atoms with E-state index in [1.54, 1.807) is 11.3 Å². The van der Waals surface area contributed by atoms with Crippen molar-refractivity contribution < 1.29 is 0 Å². The lowest BCUT2D eigenvalue weighted by molar-refractivity contribution is 0.564. The molecule has 0 unspecified atom stereocenters. The monoisotopic (exact) mass is 330 g/mol. The predicted octanol–water partition coefficient (Wildman–Crippen LogP) is 4.92. The molecular weight excluding hydrogens is 320 g/mol. The summed E-state index contributed by atoms with van der Waals surface area (Å²) in [5, 5.41) is 2.47. The van der Waals surface area contributed by atoms with Gasteiger partial charge in [-0.25, -0.2) is 9.97 Å². The Balaban J connectivity index is 2.62. The zero-order chi connectivity index (χ0) is 12.6. The molecule has 0 aromatic carbocycles. The Labute approximate surface area is 118 Å². The first kappa shape index (κ1) is 13.0. The van der Waals surface area contributed by atoms with Crippen LogP contribution in [0.3, 0.4) is 0 Å². The van der Waals surface area contributed by atoms with Crippen molar-refractivity contribution in [2.24, 2.45) is 0 Å². The first-order valence-corrected chi connectivity index (χ1v) is 7.22. The van der Waals surface area contributed by atoms with Crippen LogP contribution in [0.5, 0.6) is 0 Å². The Hall–Kier alpha value is -0.450. The summed E-state index contributed by atoms with van der Waals surface area (Å²) >= 11 is 11.2. The normalized spacial score (nSPS) is 11.8. The van der Waals surface area contributed by atoms with Crippen LogP contribution < -0.4 is 0 Å². The van der Waals surface area contributed by atoms with E-state index in [4.69, 9.17) is 11.6 Å². The van der Waals surface area contributed by atoms with E-state index in [1.165, 1.54) is 0 Å². The molecule has 0 bridgehead atoms. The number of halogens is 2. The van der Waals surface area contributed by atoms with Gasteiger partial charge in [0.15, 0.2) is 5.82 Å². The molecule has 0 fully saturated rings. The van der Waals surface area contributed by atoms with Crippen LogP contribution in [0.2, 0.25) is 5.15 Å². The fourth-order valence-corrected chi connectivity index (χ4v) is 3.03. The molecule has 2 rings (SSSR count). The fourth-order valence-electron chi connectivity index (χ4n) is 1.43. The predicted molar refractivity (Wildman–Crippen MR) is 76.8 cm³/mol. The Morgan fingerprint density at radius 3 is 2.53 bits per heavy atom. The highest BCUT2D eigenvalue weighted by Gasteiger charge is 2.23. The van der Waals surface area contributed by atoms with Crippen LogP contribution in [0, 0.1) is 0 Å². The summed E-state index contributed by atoms with van der Waals surface area (Å²) in [4.78, 5) is 9.95. The van der Waals surface area contributed by atoms with Crippen LogP contribution in [0.1, 0.15) is 26.5 Å². The summed E-state index contributed by atoms with van der Waals surface area (Å²) in [6.45, 7) is 6.32. The molecule has 0 atom stereocenters. The van der Waals surface area contributed by atoms with E-state index in [0.29, 0.717) is 11.0 Å². The maximum absolute atomic E-state index is 6.15. The summed E-state index contributed by atoms with van der Waals surface area (Å²) in [6.07, 6.45) is 0. The van der Waals surface area contributed by atoms with Crippen LogP contribution in [0.4, 0.5) is 0 Å². The topological polar surface area (TPSA) is 25.8 Å². The zero-order valence-electron chi connectivity index (χ0n) is 9.79. The van der Waals surface area contributed by atoms with Crippen molar-refractivity contribution in [1.29, 1.82) is 0 Å². The van der Waals surface area contributed by atoms with Gasteiger partial charge in [0.25, 0.3) is 0 Å². The van der Waals surface area contributed by atoms with Gasteiger partial charge < -0.3 is 0 Å². The van der Waals surface area contributed by atoms with E-state index in [9.17, 15) is 0 Å². The fraction of sp³-hybridized carbons (Fsp3) is 0.333. The van der Waals surface area contributed by atoms with Crippen molar-refractivity contribution in [3.8, 4) is 10.7 Å². The molecule has 0 aliphatic carbocycles. The van der Waals surface area contributed by atoms with E-state index in [-0.39, 0.29) is 5.41 Å². The van der Waals surface area contributed by atoms with Crippen molar-refractivity contribution in [2.75, 3.05) is 0 Å². The van der Waals surface area contributed by atoms with Gasteiger partial charge in [-0.2, -0.15) is 0 Å². The second kappa shape index (κ2) is 4.67. The lowest BCUT2D eigenvalue weighted by Gasteiger charge is -2.20. The molecule has 2 nitrogen and oxygen atoms in total. The third kappa shape index (κ3) is 2.69. The quantitative estimate of drug-likeness (QED) is 0.693. The molecule has 5 heteroatoms. The van der Waals surface area contributed by atoms with Crippen molar-refractivity contribution >= 4 is 38.9 Å². The van der Waals surface area contributed by atoms with Crippen molar-refractivity contribution in [2.45, 2.75) is 26.2 Å². The number of aromatic nitrogens is 2. The van der Waals surface area contributed by atoms with E-state index in [0.717, 1.165) is 15.0 Å². The molecule has 0 amide bonds. The molecule has 2 aromatic rings. The minimum absolute atomic E-state index is 0.0720. The minimum atomic E-state index is -0.0720. The molecule has 90 valence electrons. The molecular formula is C12H12BrClN2S. The third-order valence-corrected chi connectivity index (χ3v) is 4.38. The maximum atomic E-state index is 6.15. The molecule has 0 aliphatic rings. The Bertz CT molecular complexity index is 532. The number of rotatable bonds is 1. The van der Waals surface area contributed by atoms with Gasteiger partial charge >= 0.3 is 0 Å². The van der Waals surface area contributed by atoms with Crippen LogP contribution in [0.15, 0.2) is 22.0 Å². The zero-order valence-corrected chi connectivity index (χ0v) is 12.9. The van der Waals surface area contributed by atoms with Gasteiger partial charge in [-0.1, -0.05) is 38.4 Å². The summed E-state index contributed by atoms with van der Waals surface area (Å²) in [6, 6.07) is 3.98. The summed E-state index contributed by atoms with van der Waals surface area (Å²) < 4.78 is 0.784. The molecule has 0 aliphatic heterocycles. The van der Waals surface area contributed by atoms with Gasteiger partial charge in [-0.3, -0.25) is 0 Å². The van der Waals surface area contributed by atoms with Gasteiger partial charge in [-0.15, -0.1) is 11.3 Å². The lowest BCUT2D eigenvalue weighted by Crippen LogP contribution is -2.15. The molecule has 0 saturated carbocycles. The summed E-state index contributed by atoms with van der Waals surface area (Å²) in [5.41, 5.74) is 0.859. The SMILES string of the molecule is CC(C)(C)c1nc(-c2cccs2)nc(Cl)c1Br. The second-order valence-electron chi connectivity index (χ2n) is 4.73. The molecule has 2 aromatic heterocycles. The highest BCUT2D eigenvalue weighted by atomic mass is 79.9. The molecule has 0 saturated heterocycles. The van der Waals surface area contributed by atoms with Crippen LogP contribution in [-0.4, -0.2) is 9.97 Å². The van der Waals surface area contributed by atoms with Gasteiger partial charge in [0.05, 0.1) is 15.0 Å². The van der Waals surface area contributed by atoms with Gasteiger partial charge in [0, 0.05) is 5.41 Å². The van der Waals surface area contributed by atoms with Gasteiger partial charge in [-0.05, 0) is 27.4 Å². The first-order valence-electron chi connectivity index (χ1n) is 5.17. The molecule has 0 spiro atoms. The van der Waals surface area contributed by atoms with Gasteiger partial charge in [0.2, 0.25) is 0 Å². The average molecular weight is 332 g/mol. The number of thiophene rings is 1. The maximum Gasteiger partial charge on any atom is 0.171 e. The lowest BCUT2D eigenvalue weighted by atomic mass is 9.92. The van der Waals surface area contributed by atoms with Crippen molar-refractivity contribution in [3.63, 3.8) is 0 Å². The molecule has 2 heterocycles. The molecule has 17 heavy (non-hydrogen) atoms. The van der Waals surface area contributed by atoms with E-state index in [2.05, 4.69) is 46.7 Å². The average Bonchev–Trinajstić information content (AvgIpc) is 2.73. The van der Waals surface area contributed by atoms with Crippen LogP contribution >= 0.6 is 38.9 Å². The minimum Gasteiger partial charge on any atom is -0.231 e. The van der Waals surface area contributed by atoms with Crippen LogP contribution in [-0.2, 0) is 5.41 Å². The summed E-state index contributed by atoms with van der Waals surface area (Å²) in [7, 11) is 0. The van der Waals surface area contributed by atoms with Crippen LogP contribution in [0.25, 0.3) is 10.7 Å².